The number of carbonyl (C=O) groups is 3. The lowest BCUT2D eigenvalue weighted by Crippen LogP contribution is -2.21. The minimum absolute atomic E-state index is 0.146. The minimum atomic E-state index is -0.586. The molecule has 2 atom stereocenters. The van der Waals surface area contributed by atoms with Crippen LogP contribution < -0.4 is 5.32 Å². The second-order valence-electron chi connectivity index (χ2n) is 5.93. The molecule has 0 spiro atoms. The van der Waals surface area contributed by atoms with Crippen molar-refractivity contribution < 1.29 is 19.1 Å². The van der Waals surface area contributed by atoms with E-state index in [1.165, 1.54) is 11.3 Å². The molecule has 1 aromatic carbocycles. The Morgan fingerprint density at radius 3 is 2.84 bits per heavy atom. The first-order valence-corrected chi connectivity index (χ1v) is 8.91. The maximum absolute atomic E-state index is 12.5. The first kappa shape index (κ1) is 17.3. The third-order valence-electron chi connectivity index (χ3n) is 4.33. The van der Waals surface area contributed by atoms with Crippen LogP contribution in [0.25, 0.3) is 0 Å². The molecule has 1 heterocycles. The number of hydrogen-bond donors (Lipinski definition) is 1. The van der Waals surface area contributed by atoms with Crippen LogP contribution in [0.1, 0.15) is 47.7 Å². The van der Waals surface area contributed by atoms with Gasteiger partial charge in [-0.05, 0) is 31.7 Å². The number of nitrogens with zero attached hydrogens (tertiary/aromatic N) is 1. The first-order chi connectivity index (χ1) is 12.1. The van der Waals surface area contributed by atoms with Gasteiger partial charge in [0.15, 0.2) is 5.13 Å². The molecule has 1 N–H and O–H groups in total. The fourth-order valence-electron chi connectivity index (χ4n) is 2.94. The highest BCUT2D eigenvalue weighted by Gasteiger charge is 2.32. The molecule has 0 fully saturated rings. The molecule has 25 heavy (non-hydrogen) atoms. The van der Waals surface area contributed by atoms with Crippen LogP contribution in [0, 0.1) is 0 Å². The van der Waals surface area contributed by atoms with E-state index in [9.17, 15) is 14.4 Å². The van der Waals surface area contributed by atoms with Gasteiger partial charge >= 0.3 is 12.4 Å². The number of aromatic nitrogens is 1. The lowest BCUT2D eigenvalue weighted by molar-refractivity contribution is -0.153. The molecular weight excluding hydrogens is 340 g/mol. The average Bonchev–Trinajstić information content (AvgIpc) is 3.04. The molecule has 1 aromatic heterocycles. The summed E-state index contributed by atoms with van der Waals surface area (Å²) in [5.41, 5.74) is 1.54. The van der Waals surface area contributed by atoms with Gasteiger partial charge in [-0.2, -0.15) is 0 Å². The van der Waals surface area contributed by atoms with Crippen LogP contribution in [0.15, 0.2) is 30.3 Å². The van der Waals surface area contributed by atoms with Crippen molar-refractivity contribution in [1.29, 1.82) is 0 Å². The van der Waals surface area contributed by atoms with Crippen LogP contribution in [0.4, 0.5) is 5.13 Å². The van der Waals surface area contributed by atoms with Crippen molar-refractivity contribution in [3.05, 3.63) is 46.5 Å². The van der Waals surface area contributed by atoms with Crippen LogP contribution in [0.3, 0.4) is 0 Å². The maximum Gasteiger partial charge on any atom is 0.322 e. The first-order valence-electron chi connectivity index (χ1n) is 8.09. The number of rotatable bonds is 5. The Morgan fingerprint density at radius 1 is 1.36 bits per heavy atom. The van der Waals surface area contributed by atoms with E-state index in [2.05, 4.69) is 15.0 Å². The highest BCUT2D eigenvalue weighted by molar-refractivity contribution is 7.15. The quantitative estimate of drug-likeness (QED) is 0.504. The number of nitrogens with one attached hydrogen (secondary N) is 1. The lowest BCUT2D eigenvalue weighted by atomic mass is 9.91. The molecule has 130 valence electrons. The van der Waals surface area contributed by atoms with Crippen LogP contribution in [-0.2, 0) is 25.5 Å². The normalized spacial score (nSPS) is 17.2. The third-order valence-corrected chi connectivity index (χ3v) is 5.37. The minimum Gasteiger partial charge on any atom is -0.395 e. The van der Waals surface area contributed by atoms with E-state index in [-0.39, 0.29) is 18.3 Å². The molecule has 1 amide bonds. The van der Waals surface area contributed by atoms with Crippen molar-refractivity contribution in [1.82, 2.24) is 4.98 Å². The molecule has 0 saturated heterocycles. The number of anilines is 1. The summed E-state index contributed by atoms with van der Waals surface area (Å²) in [5, 5.41) is 3.31. The molecule has 1 aliphatic rings. The highest BCUT2D eigenvalue weighted by Crippen LogP contribution is 2.37. The maximum atomic E-state index is 12.5. The van der Waals surface area contributed by atoms with Gasteiger partial charge in [-0.1, -0.05) is 30.3 Å². The van der Waals surface area contributed by atoms with E-state index < -0.39 is 11.9 Å². The van der Waals surface area contributed by atoms with Crippen molar-refractivity contribution in [2.75, 3.05) is 5.32 Å². The molecule has 6 nitrogen and oxygen atoms in total. The molecule has 2 unspecified atom stereocenters. The van der Waals surface area contributed by atoms with Crippen molar-refractivity contribution in [3.63, 3.8) is 0 Å². The number of fused-ring (bicyclic) bond motifs is 1. The Balaban J connectivity index is 1.75. The fourth-order valence-corrected chi connectivity index (χ4v) is 4.01. The van der Waals surface area contributed by atoms with E-state index in [0.717, 1.165) is 23.3 Å². The molecule has 7 heteroatoms. The topological polar surface area (TPSA) is 85.4 Å². The number of benzene rings is 1. The molecule has 0 bridgehead atoms. The molecule has 0 radical (unpaired) electrons. The summed E-state index contributed by atoms with van der Waals surface area (Å²) >= 11 is 1.38. The van der Waals surface area contributed by atoms with Crippen molar-refractivity contribution in [3.8, 4) is 0 Å². The molecular formula is C18H18N2O4S. The summed E-state index contributed by atoms with van der Waals surface area (Å²) in [4.78, 5) is 40.2. The van der Waals surface area contributed by atoms with Crippen LogP contribution in [-0.4, -0.2) is 23.3 Å². The van der Waals surface area contributed by atoms with Gasteiger partial charge in [-0.15, -0.1) is 11.3 Å². The number of amides is 1. The van der Waals surface area contributed by atoms with Crippen molar-refractivity contribution >= 4 is 34.8 Å². The second-order valence-corrected chi connectivity index (χ2v) is 7.01. The zero-order valence-corrected chi connectivity index (χ0v) is 14.5. The van der Waals surface area contributed by atoms with Gasteiger partial charge in [0, 0.05) is 4.88 Å². The van der Waals surface area contributed by atoms with Crippen LogP contribution in [0.2, 0.25) is 0 Å². The number of carbonyl (C=O) groups excluding carboxylic acids is 3. The SMILES string of the molecule is CC(C(=O)Nc1nc2c(s1)CCCC2C(=O)OC=O)c1ccccc1. The van der Waals surface area contributed by atoms with Gasteiger partial charge in [0.25, 0.3) is 0 Å². The van der Waals surface area contributed by atoms with Crippen molar-refractivity contribution in [2.45, 2.75) is 38.0 Å². The molecule has 3 rings (SSSR count). The van der Waals surface area contributed by atoms with E-state index in [4.69, 9.17) is 0 Å². The standard InChI is InChI=1S/C18H18N2O4S/c1-11(12-6-3-2-4-7-12)16(22)20-18-19-15-13(17(23)24-10-21)8-5-9-14(15)25-18/h2-4,6-7,10-11,13H,5,8-9H2,1H3,(H,19,20,22). The summed E-state index contributed by atoms with van der Waals surface area (Å²) in [6, 6.07) is 9.50. The van der Waals surface area contributed by atoms with Gasteiger partial charge in [-0.3, -0.25) is 14.4 Å². The second kappa shape index (κ2) is 7.57. The van der Waals surface area contributed by atoms with E-state index >= 15 is 0 Å². The summed E-state index contributed by atoms with van der Waals surface area (Å²) in [6.07, 6.45) is 2.22. The number of thiazole rings is 1. The van der Waals surface area contributed by atoms with E-state index in [0.29, 0.717) is 17.2 Å². The lowest BCUT2D eigenvalue weighted by Gasteiger charge is -2.17. The van der Waals surface area contributed by atoms with Gasteiger partial charge in [0.1, 0.15) is 5.92 Å². The Hall–Kier alpha value is -2.54. The monoisotopic (exact) mass is 358 g/mol. The number of esters is 1. The predicted octanol–water partition coefficient (Wildman–Crippen LogP) is 3.00. The summed E-state index contributed by atoms with van der Waals surface area (Å²) in [5.74, 6) is -1.58. The largest absolute Gasteiger partial charge is 0.395 e. The fraction of sp³-hybridized carbons (Fsp3) is 0.333. The summed E-state index contributed by atoms with van der Waals surface area (Å²) in [6.45, 7) is 1.98. The van der Waals surface area contributed by atoms with Gasteiger partial charge in [-0.25, -0.2) is 4.98 Å². The molecule has 0 aliphatic heterocycles. The zero-order valence-electron chi connectivity index (χ0n) is 13.7. The summed E-state index contributed by atoms with van der Waals surface area (Å²) in [7, 11) is 0. The van der Waals surface area contributed by atoms with E-state index in [1.807, 2.05) is 37.3 Å². The molecule has 0 saturated carbocycles. The predicted molar refractivity (Wildman–Crippen MR) is 93.4 cm³/mol. The van der Waals surface area contributed by atoms with Gasteiger partial charge in [0.05, 0.1) is 11.6 Å². The Kier molecular flexibility index (Phi) is 5.23. The number of ether oxygens (including phenoxy) is 1. The number of hydrogen-bond acceptors (Lipinski definition) is 6. The summed E-state index contributed by atoms with van der Waals surface area (Å²) < 4.78 is 4.48. The Bertz CT molecular complexity index is 788. The van der Waals surface area contributed by atoms with Crippen LogP contribution in [0.5, 0.6) is 0 Å². The molecule has 1 aliphatic carbocycles. The molecule has 2 aromatic rings. The Labute approximate surface area is 149 Å². The Morgan fingerprint density at radius 2 is 2.12 bits per heavy atom. The number of aryl methyl sites for hydroxylation is 1. The third kappa shape index (κ3) is 3.76. The van der Waals surface area contributed by atoms with Crippen molar-refractivity contribution in [2.24, 2.45) is 0 Å². The smallest absolute Gasteiger partial charge is 0.322 e. The zero-order chi connectivity index (χ0) is 17.8. The van der Waals surface area contributed by atoms with Crippen LogP contribution >= 0.6 is 11.3 Å². The van der Waals surface area contributed by atoms with E-state index in [1.54, 1.807) is 0 Å². The highest BCUT2D eigenvalue weighted by atomic mass is 32.1. The van der Waals surface area contributed by atoms with Gasteiger partial charge < -0.3 is 10.1 Å². The average molecular weight is 358 g/mol. The van der Waals surface area contributed by atoms with Gasteiger partial charge in [0.2, 0.25) is 5.91 Å².